The van der Waals surface area contributed by atoms with Gasteiger partial charge in [0.1, 0.15) is 0 Å². The number of rotatable bonds is 7. The van der Waals surface area contributed by atoms with Crippen LogP contribution in [0.4, 0.5) is 5.69 Å². The Morgan fingerprint density at radius 2 is 1.85 bits per heavy atom. The summed E-state index contributed by atoms with van der Waals surface area (Å²) in [5, 5.41) is 6.90. The molecular weight excluding hydrogens is 352 g/mol. The lowest BCUT2D eigenvalue weighted by atomic mass is 10.2. The zero-order valence-corrected chi connectivity index (χ0v) is 15.5. The Morgan fingerprint density at radius 1 is 1.12 bits per heavy atom. The second-order valence-electron chi connectivity index (χ2n) is 6.41. The summed E-state index contributed by atoms with van der Waals surface area (Å²) in [6.45, 7) is 1.85. The van der Waals surface area contributed by atoms with Crippen LogP contribution in [0.2, 0.25) is 0 Å². The minimum absolute atomic E-state index is 0.0937. The number of hydrogen-bond acceptors (Lipinski definition) is 4. The molecular formula is C18H24N4O3S. The van der Waals surface area contributed by atoms with E-state index in [1.54, 1.807) is 39.4 Å². The highest BCUT2D eigenvalue weighted by molar-refractivity contribution is 7.89. The van der Waals surface area contributed by atoms with Crippen molar-refractivity contribution in [1.29, 1.82) is 0 Å². The summed E-state index contributed by atoms with van der Waals surface area (Å²) >= 11 is 0. The maximum absolute atomic E-state index is 12.6. The molecule has 1 aliphatic rings. The molecule has 0 saturated carbocycles. The van der Waals surface area contributed by atoms with Gasteiger partial charge in [0.15, 0.2) is 0 Å². The van der Waals surface area contributed by atoms with Crippen LogP contribution in [0, 0.1) is 0 Å². The number of anilines is 1. The minimum atomic E-state index is -3.44. The molecule has 1 N–H and O–H groups in total. The smallest absolute Gasteiger partial charge is 0.243 e. The highest BCUT2D eigenvalue weighted by Crippen LogP contribution is 2.22. The molecule has 0 bridgehead atoms. The lowest BCUT2D eigenvalue weighted by Gasteiger charge is -2.25. The average Bonchev–Trinajstić information content (AvgIpc) is 3.16. The number of nitrogens with one attached hydrogen (secondary N) is 1. The monoisotopic (exact) mass is 376 g/mol. The molecule has 26 heavy (non-hydrogen) atoms. The fraction of sp³-hybridized carbons (Fsp3) is 0.444. The number of aryl methyl sites for hydroxylation is 1. The predicted octanol–water partition coefficient (Wildman–Crippen LogP) is 2.48. The normalized spacial score (nSPS) is 15.7. The van der Waals surface area contributed by atoms with Crippen LogP contribution in [-0.4, -0.2) is 41.5 Å². The summed E-state index contributed by atoms with van der Waals surface area (Å²) in [6.07, 6.45) is 7.54. The van der Waals surface area contributed by atoms with Crippen molar-refractivity contribution in [3.63, 3.8) is 0 Å². The Labute approximate surface area is 154 Å². The minimum Gasteiger partial charge on any atom is -0.326 e. The summed E-state index contributed by atoms with van der Waals surface area (Å²) in [6, 6.07) is 8.25. The maximum Gasteiger partial charge on any atom is 0.243 e. The molecule has 1 amide bonds. The van der Waals surface area contributed by atoms with Crippen molar-refractivity contribution in [1.82, 2.24) is 14.1 Å². The predicted molar refractivity (Wildman–Crippen MR) is 99.1 cm³/mol. The summed E-state index contributed by atoms with van der Waals surface area (Å²) < 4.78 is 28.5. The third-order valence-corrected chi connectivity index (χ3v) is 6.35. The number of amides is 1. The molecule has 0 spiro atoms. The number of carbonyl (C=O) groups is 1. The van der Waals surface area contributed by atoms with E-state index < -0.39 is 10.0 Å². The van der Waals surface area contributed by atoms with Gasteiger partial charge in [-0.1, -0.05) is 6.42 Å². The van der Waals surface area contributed by atoms with Crippen molar-refractivity contribution in [2.75, 3.05) is 18.4 Å². The van der Waals surface area contributed by atoms with Crippen molar-refractivity contribution in [2.45, 2.75) is 43.5 Å². The molecule has 2 heterocycles. The van der Waals surface area contributed by atoms with E-state index in [0.29, 0.717) is 38.2 Å². The van der Waals surface area contributed by atoms with Crippen molar-refractivity contribution in [2.24, 2.45) is 0 Å². The van der Waals surface area contributed by atoms with Gasteiger partial charge in [0.05, 0.1) is 4.90 Å². The first-order valence-electron chi connectivity index (χ1n) is 8.93. The van der Waals surface area contributed by atoms with E-state index in [1.807, 2.05) is 12.3 Å². The van der Waals surface area contributed by atoms with E-state index in [4.69, 9.17) is 0 Å². The summed E-state index contributed by atoms with van der Waals surface area (Å²) in [5.41, 5.74) is 0.603. The molecule has 0 radical (unpaired) electrons. The van der Waals surface area contributed by atoms with Crippen molar-refractivity contribution < 1.29 is 13.2 Å². The van der Waals surface area contributed by atoms with Crippen LogP contribution >= 0.6 is 0 Å². The van der Waals surface area contributed by atoms with Crippen LogP contribution in [0.15, 0.2) is 47.6 Å². The first-order valence-corrected chi connectivity index (χ1v) is 10.4. The van der Waals surface area contributed by atoms with Crippen LogP contribution in [0.3, 0.4) is 0 Å². The molecule has 3 rings (SSSR count). The highest BCUT2D eigenvalue weighted by atomic mass is 32.2. The van der Waals surface area contributed by atoms with E-state index in [0.717, 1.165) is 19.3 Å². The van der Waals surface area contributed by atoms with Crippen LogP contribution < -0.4 is 5.32 Å². The maximum atomic E-state index is 12.6. The lowest BCUT2D eigenvalue weighted by molar-refractivity contribution is -0.116. The van der Waals surface area contributed by atoms with E-state index in [-0.39, 0.29) is 10.8 Å². The Kier molecular flexibility index (Phi) is 6.05. The molecule has 1 fully saturated rings. The van der Waals surface area contributed by atoms with E-state index in [1.165, 1.54) is 0 Å². The molecule has 1 aromatic carbocycles. The molecule has 0 unspecified atom stereocenters. The average molecular weight is 376 g/mol. The number of benzene rings is 1. The van der Waals surface area contributed by atoms with Gasteiger partial charge in [-0.2, -0.15) is 9.40 Å². The fourth-order valence-corrected chi connectivity index (χ4v) is 4.54. The molecule has 0 atom stereocenters. The Hall–Kier alpha value is -2.19. The molecule has 2 aromatic rings. The number of nitrogens with zero attached hydrogens (tertiary/aromatic N) is 3. The van der Waals surface area contributed by atoms with Gasteiger partial charge in [0.2, 0.25) is 15.9 Å². The number of hydrogen-bond donors (Lipinski definition) is 1. The summed E-state index contributed by atoms with van der Waals surface area (Å²) in [7, 11) is -3.44. The Morgan fingerprint density at radius 3 is 2.50 bits per heavy atom. The zero-order chi connectivity index (χ0) is 18.4. The quantitative estimate of drug-likeness (QED) is 0.804. The first-order chi connectivity index (χ1) is 12.6. The lowest BCUT2D eigenvalue weighted by Crippen LogP contribution is -2.35. The van der Waals surface area contributed by atoms with Crippen molar-refractivity contribution in [3.8, 4) is 0 Å². The van der Waals surface area contributed by atoms with Crippen LogP contribution in [0.1, 0.15) is 32.1 Å². The van der Waals surface area contributed by atoms with Crippen LogP contribution in [0.25, 0.3) is 0 Å². The van der Waals surface area contributed by atoms with Gasteiger partial charge in [0.25, 0.3) is 0 Å². The summed E-state index contributed by atoms with van der Waals surface area (Å²) in [4.78, 5) is 12.3. The molecule has 7 nitrogen and oxygen atoms in total. The first kappa shape index (κ1) is 18.6. The van der Waals surface area contributed by atoms with E-state index >= 15 is 0 Å². The Balaban J connectivity index is 1.52. The molecule has 140 valence electrons. The molecule has 8 heteroatoms. The van der Waals surface area contributed by atoms with Gasteiger partial charge in [-0.15, -0.1) is 0 Å². The van der Waals surface area contributed by atoms with Gasteiger partial charge in [-0.3, -0.25) is 9.48 Å². The summed E-state index contributed by atoms with van der Waals surface area (Å²) in [5.74, 6) is -0.0937. The second kappa shape index (κ2) is 8.46. The highest BCUT2D eigenvalue weighted by Gasteiger charge is 2.25. The molecule has 1 aromatic heterocycles. The number of sulfonamides is 1. The van der Waals surface area contributed by atoms with Gasteiger partial charge < -0.3 is 5.32 Å². The Bertz CT molecular complexity index is 811. The second-order valence-corrected chi connectivity index (χ2v) is 8.35. The number of carbonyl (C=O) groups excluding carboxylic acids is 1. The van der Waals surface area contributed by atoms with Gasteiger partial charge in [-0.05, 0) is 49.6 Å². The van der Waals surface area contributed by atoms with Gasteiger partial charge >= 0.3 is 0 Å². The molecule has 0 aliphatic carbocycles. The zero-order valence-electron chi connectivity index (χ0n) is 14.7. The van der Waals surface area contributed by atoms with Crippen molar-refractivity contribution >= 4 is 21.6 Å². The van der Waals surface area contributed by atoms with E-state index in [2.05, 4.69) is 10.4 Å². The van der Waals surface area contributed by atoms with Crippen molar-refractivity contribution in [3.05, 3.63) is 42.7 Å². The number of piperidine rings is 1. The topological polar surface area (TPSA) is 84.3 Å². The van der Waals surface area contributed by atoms with Gasteiger partial charge in [-0.25, -0.2) is 8.42 Å². The van der Waals surface area contributed by atoms with Gasteiger partial charge in [0, 0.05) is 44.1 Å². The van der Waals surface area contributed by atoms with Crippen LogP contribution in [-0.2, 0) is 21.4 Å². The molecule has 1 aliphatic heterocycles. The SMILES string of the molecule is O=C(CCCn1cccn1)Nc1ccc(S(=O)(=O)N2CCCCC2)cc1. The number of aromatic nitrogens is 2. The van der Waals surface area contributed by atoms with E-state index in [9.17, 15) is 13.2 Å². The molecule has 1 saturated heterocycles. The largest absolute Gasteiger partial charge is 0.326 e. The third kappa shape index (κ3) is 4.70. The third-order valence-electron chi connectivity index (χ3n) is 4.44. The standard InChI is InChI=1S/C18H24N4O3S/c23-18(6-4-12-21-13-5-11-19-21)20-16-7-9-17(10-8-16)26(24,25)22-14-2-1-3-15-22/h5,7-11,13H,1-4,6,12,14-15H2,(H,20,23). The van der Waals surface area contributed by atoms with Crippen LogP contribution in [0.5, 0.6) is 0 Å². The fourth-order valence-electron chi connectivity index (χ4n) is 3.02.